The number of benzene rings is 1. The van der Waals surface area contributed by atoms with Crippen LogP contribution in [0.25, 0.3) is 16.9 Å². The van der Waals surface area contributed by atoms with E-state index in [4.69, 9.17) is 4.52 Å². The van der Waals surface area contributed by atoms with Crippen LogP contribution in [0, 0.1) is 0 Å². The average Bonchev–Trinajstić information content (AvgIpc) is 3.20. The van der Waals surface area contributed by atoms with Crippen molar-refractivity contribution in [3.63, 3.8) is 0 Å². The number of rotatable bonds is 4. The van der Waals surface area contributed by atoms with Gasteiger partial charge in [-0.3, -0.25) is 9.36 Å². The topological polar surface area (TPSA) is 89.9 Å². The lowest BCUT2D eigenvalue weighted by Crippen LogP contribution is -2.30. The first-order chi connectivity index (χ1) is 14.8. The number of pyridine rings is 1. The molecular weight excluding hydrogens is 380 g/mol. The van der Waals surface area contributed by atoms with Crippen LogP contribution in [0.3, 0.4) is 0 Å². The molecule has 1 amide bonds. The fourth-order valence-corrected chi connectivity index (χ4v) is 4.12. The Kier molecular flexibility index (Phi) is 3.90. The summed E-state index contributed by atoms with van der Waals surface area (Å²) in [6.07, 6.45) is 7.34. The molecule has 1 aromatic carbocycles. The molecule has 8 nitrogen and oxygen atoms in total. The highest BCUT2D eigenvalue weighted by atomic mass is 16.5. The van der Waals surface area contributed by atoms with E-state index < -0.39 is 0 Å². The molecule has 4 aromatic rings. The van der Waals surface area contributed by atoms with Crippen molar-refractivity contribution in [2.24, 2.45) is 0 Å². The van der Waals surface area contributed by atoms with Gasteiger partial charge in [-0.05, 0) is 43.9 Å². The predicted molar refractivity (Wildman–Crippen MR) is 108 cm³/mol. The van der Waals surface area contributed by atoms with Gasteiger partial charge in [0.1, 0.15) is 17.9 Å². The molecule has 1 aliphatic carbocycles. The zero-order chi connectivity index (χ0) is 20.1. The van der Waals surface area contributed by atoms with Gasteiger partial charge in [-0.15, -0.1) is 0 Å². The number of fused-ring (bicyclic) bond motifs is 1. The third-order valence-electron chi connectivity index (χ3n) is 5.87. The maximum absolute atomic E-state index is 13.3. The Morgan fingerprint density at radius 1 is 1.10 bits per heavy atom. The standard InChI is InChI=1S/C22H20N6O2/c29-22(27-10-4-7-18(27)21-25-19(26-30-21)14-8-9-14)15-11-17-20(23-12-15)28(13-24-17)16-5-2-1-3-6-16/h1-3,5-6,11-14,18H,4,7-10H2/t18-/m0/s1. The minimum atomic E-state index is -0.171. The number of hydrogen-bond acceptors (Lipinski definition) is 6. The van der Waals surface area contributed by atoms with E-state index in [0.717, 1.165) is 42.8 Å². The van der Waals surface area contributed by atoms with Crippen LogP contribution in [-0.4, -0.2) is 42.0 Å². The van der Waals surface area contributed by atoms with Crippen molar-refractivity contribution in [2.45, 2.75) is 37.6 Å². The third kappa shape index (κ3) is 2.87. The summed E-state index contributed by atoms with van der Waals surface area (Å²) >= 11 is 0. The summed E-state index contributed by atoms with van der Waals surface area (Å²) in [6, 6.07) is 11.5. The third-order valence-corrected chi connectivity index (χ3v) is 5.87. The van der Waals surface area contributed by atoms with E-state index >= 15 is 0 Å². The van der Waals surface area contributed by atoms with Gasteiger partial charge >= 0.3 is 0 Å². The smallest absolute Gasteiger partial charge is 0.256 e. The highest BCUT2D eigenvalue weighted by molar-refractivity contribution is 5.96. The van der Waals surface area contributed by atoms with Crippen molar-refractivity contribution in [2.75, 3.05) is 6.54 Å². The lowest BCUT2D eigenvalue weighted by molar-refractivity contribution is 0.0710. The van der Waals surface area contributed by atoms with E-state index in [-0.39, 0.29) is 11.9 Å². The SMILES string of the molecule is O=C(c1cnc2c(c1)ncn2-c1ccccc1)N1CCC[C@H]1c1nc(C2CC2)no1. The van der Waals surface area contributed by atoms with Crippen LogP contribution in [0.15, 0.2) is 53.4 Å². The Hall–Kier alpha value is -3.55. The molecule has 0 bridgehead atoms. The molecule has 2 aliphatic rings. The van der Waals surface area contributed by atoms with Gasteiger partial charge in [0.25, 0.3) is 5.91 Å². The maximum atomic E-state index is 13.3. The number of imidazole rings is 1. The molecule has 8 heteroatoms. The summed E-state index contributed by atoms with van der Waals surface area (Å²) in [7, 11) is 0. The molecule has 1 aliphatic heterocycles. The minimum absolute atomic E-state index is 0.0765. The molecule has 3 aromatic heterocycles. The number of carbonyl (C=O) groups is 1. The fourth-order valence-electron chi connectivity index (χ4n) is 4.12. The van der Waals surface area contributed by atoms with E-state index in [9.17, 15) is 4.79 Å². The van der Waals surface area contributed by atoms with Crippen LogP contribution < -0.4 is 0 Å². The molecule has 4 heterocycles. The highest BCUT2D eigenvalue weighted by Crippen LogP contribution is 2.40. The summed E-state index contributed by atoms with van der Waals surface area (Å²) in [4.78, 5) is 28.7. The van der Waals surface area contributed by atoms with Crippen LogP contribution in [-0.2, 0) is 0 Å². The number of carbonyl (C=O) groups excluding carboxylic acids is 1. The normalized spacial score (nSPS) is 18.9. The van der Waals surface area contributed by atoms with Gasteiger partial charge in [-0.25, -0.2) is 9.97 Å². The van der Waals surface area contributed by atoms with Crippen molar-refractivity contribution < 1.29 is 9.32 Å². The van der Waals surface area contributed by atoms with Crippen LogP contribution in [0.4, 0.5) is 0 Å². The Bertz CT molecular complexity index is 1230. The zero-order valence-electron chi connectivity index (χ0n) is 16.3. The Morgan fingerprint density at radius 2 is 1.97 bits per heavy atom. The predicted octanol–water partition coefficient (Wildman–Crippen LogP) is 3.66. The molecule has 0 radical (unpaired) electrons. The summed E-state index contributed by atoms with van der Waals surface area (Å²) in [6.45, 7) is 0.668. The lowest BCUT2D eigenvalue weighted by atomic mass is 10.2. The van der Waals surface area contributed by atoms with Gasteiger partial charge in [-0.2, -0.15) is 4.98 Å². The number of likely N-dealkylation sites (tertiary alicyclic amines) is 1. The monoisotopic (exact) mass is 400 g/mol. The molecule has 1 saturated heterocycles. The first kappa shape index (κ1) is 17.3. The second-order valence-electron chi connectivity index (χ2n) is 7.94. The van der Waals surface area contributed by atoms with Crippen molar-refractivity contribution in [1.29, 1.82) is 0 Å². The molecule has 30 heavy (non-hydrogen) atoms. The largest absolute Gasteiger partial charge is 0.337 e. The van der Waals surface area contributed by atoms with Gasteiger partial charge < -0.3 is 9.42 Å². The Labute approximate surface area is 172 Å². The Balaban J connectivity index is 1.29. The van der Waals surface area contributed by atoms with Gasteiger partial charge in [0.05, 0.1) is 5.56 Å². The number of para-hydroxylation sites is 1. The number of nitrogens with zero attached hydrogens (tertiary/aromatic N) is 6. The molecule has 0 spiro atoms. The van der Waals surface area contributed by atoms with Crippen molar-refractivity contribution in [3.05, 3.63) is 66.2 Å². The summed E-state index contributed by atoms with van der Waals surface area (Å²) in [5.74, 6) is 1.68. The van der Waals surface area contributed by atoms with Crippen LogP contribution >= 0.6 is 0 Å². The van der Waals surface area contributed by atoms with Crippen LogP contribution in [0.1, 0.15) is 59.7 Å². The summed E-state index contributed by atoms with van der Waals surface area (Å²) in [5, 5.41) is 4.11. The number of aromatic nitrogens is 5. The van der Waals surface area contributed by atoms with E-state index in [1.807, 2.05) is 45.9 Å². The van der Waals surface area contributed by atoms with E-state index in [1.54, 1.807) is 12.5 Å². The van der Waals surface area contributed by atoms with Crippen molar-refractivity contribution in [3.8, 4) is 5.69 Å². The second kappa shape index (κ2) is 6.76. The summed E-state index contributed by atoms with van der Waals surface area (Å²) < 4.78 is 7.42. The molecule has 0 unspecified atom stereocenters. The average molecular weight is 400 g/mol. The minimum Gasteiger partial charge on any atom is -0.337 e. The number of hydrogen-bond donors (Lipinski definition) is 0. The first-order valence-corrected chi connectivity index (χ1v) is 10.3. The van der Waals surface area contributed by atoms with Crippen LogP contribution in [0.5, 0.6) is 0 Å². The molecule has 1 saturated carbocycles. The van der Waals surface area contributed by atoms with Gasteiger partial charge in [0.2, 0.25) is 5.89 Å². The lowest BCUT2D eigenvalue weighted by Gasteiger charge is -2.21. The van der Waals surface area contributed by atoms with Crippen molar-refractivity contribution in [1.82, 2.24) is 29.6 Å². The molecule has 150 valence electrons. The summed E-state index contributed by atoms with van der Waals surface area (Å²) in [5.41, 5.74) is 2.92. The van der Waals surface area contributed by atoms with Gasteiger partial charge in [0, 0.05) is 24.3 Å². The van der Waals surface area contributed by atoms with Gasteiger partial charge in [-0.1, -0.05) is 23.4 Å². The Morgan fingerprint density at radius 3 is 2.80 bits per heavy atom. The van der Waals surface area contributed by atoms with E-state index in [0.29, 0.717) is 29.4 Å². The first-order valence-electron chi connectivity index (χ1n) is 10.3. The molecule has 0 N–H and O–H groups in total. The van der Waals surface area contributed by atoms with E-state index in [2.05, 4.69) is 20.1 Å². The quantitative estimate of drug-likeness (QED) is 0.519. The fraction of sp³-hybridized carbons (Fsp3) is 0.318. The van der Waals surface area contributed by atoms with E-state index in [1.165, 1.54) is 0 Å². The number of amides is 1. The molecular formula is C22H20N6O2. The molecule has 2 fully saturated rings. The maximum Gasteiger partial charge on any atom is 0.256 e. The van der Waals surface area contributed by atoms with Gasteiger partial charge in [0.15, 0.2) is 11.5 Å². The zero-order valence-corrected chi connectivity index (χ0v) is 16.3. The second-order valence-corrected chi connectivity index (χ2v) is 7.94. The highest BCUT2D eigenvalue weighted by Gasteiger charge is 2.36. The van der Waals surface area contributed by atoms with Crippen molar-refractivity contribution >= 4 is 17.1 Å². The molecule has 6 rings (SSSR count). The molecule has 1 atom stereocenters. The van der Waals surface area contributed by atoms with Crippen LogP contribution in [0.2, 0.25) is 0 Å².